The van der Waals surface area contributed by atoms with Crippen LogP contribution in [0.4, 0.5) is 0 Å². The molecule has 1 N–H and O–H groups in total. The van der Waals surface area contributed by atoms with Gasteiger partial charge in [0.2, 0.25) is 0 Å². The number of aryl methyl sites for hydroxylation is 1. The lowest BCUT2D eigenvalue weighted by atomic mass is 9.44. The Balaban J connectivity index is 1.33. The molecule has 3 saturated carbocycles. The van der Waals surface area contributed by atoms with Crippen molar-refractivity contribution in [3.05, 3.63) is 72.6 Å². The first-order valence-corrected chi connectivity index (χ1v) is 16.1. The van der Waals surface area contributed by atoms with E-state index in [2.05, 4.69) is 63.1 Å². The lowest BCUT2D eigenvalue weighted by Crippen LogP contribution is -2.63. The number of aromatic nitrogens is 1. The van der Waals surface area contributed by atoms with Crippen molar-refractivity contribution in [3.63, 3.8) is 0 Å². The van der Waals surface area contributed by atoms with E-state index in [1.807, 2.05) is 37.5 Å². The minimum Gasteiger partial charge on any atom is -0.461 e. The molecule has 0 radical (unpaired) electrons. The van der Waals surface area contributed by atoms with Crippen molar-refractivity contribution in [2.75, 3.05) is 5.75 Å². The Kier molecular flexibility index (Phi) is 8.30. The Hall–Kier alpha value is -2.44. The molecule has 1 heterocycles. The maximum absolute atomic E-state index is 13.6. The molecule has 0 spiro atoms. The van der Waals surface area contributed by atoms with E-state index in [1.54, 1.807) is 0 Å². The lowest BCUT2D eigenvalue weighted by molar-refractivity contribution is -0.688. The summed E-state index contributed by atoms with van der Waals surface area (Å²) in [5.41, 5.74) is 1.12. The van der Waals surface area contributed by atoms with Gasteiger partial charge in [0, 0.05) is 45.8 Å². The Bertz CT molecular complexity index is 1290. The summed E-state index contributed by atoms with van der Waals surface area (Å²) < 4.78 is 8.50. The zero-order valence-corrected chi connectivity index (χ0v) is 26.1. The van der Waals surface area contributed by atoms with Gasteiger partial charge in [-0.25, -0.2) is 4.57 Å². The number of rotatable bonds is 7. The standard InChI is InChI=1S/C35H46NO4S/c1-7-33(5)20-29(34(6)24(3)12-16-35(25(4)32(33)39)17-13-28(37)31(34)35)40-30(38)22-41-27-14-18-36(19-15-27)21-26-10-8-23(2)9-11-26/h7-11,14-15,18-19,24-25,29,31-32,39H,1,12-13,16-17,20-22H2,2-6H3/q+1/t24-,25+,29-,31+,32+,33-,34+,35+/m1/s1. The summed E-state index contributed by atoms with van der Waals surface area (Å²) in [6, 6.07) is 12.6. The first-order chi connectivity index (χ1) is 19.4. The summed E-state index contributed by atoms with van der Waals surface area (Å²) in [6.07, 6.45) is 8.50. The molecule has 1 aromatic carbocycles. The second-order valence-electron chi connectivity index (χ2n) is 13.5. The van der Waals surface area contributed by atoms with Gasteiger partial charge in [-0.1, -0.05) is 63.6 Å². The van der Waals surface area contributed by atoms with E-state index in [1.165, 1.54) is 22.9 Å². The van der Waals surface area contributed by atoms with Gasteiger partial charge in [0.05, 0.1) is 11.9 Å². The summed E-state index contributed by atoms with van der Waals surface area (Å²) in [7, 11) is 0. The molecule has 6 heteroatoms. The third-order valence-electron chi connectivity index (χ3n) is 11.3. The van der Waals surface area contributed by atoms with Crippen molar-refractivity contribution in [2.24, 2.45) is 34.0 Å². The SMILES string of the molecule is C=C[C@]1(C)C[C@@H](OC(=O)CSc2cc[n+](Cc3ccc(C)cc3)cc2)[C@]2(C)[C@H](C)CC[C@]3(CCC(=O)[C@H]32)[C@@H](C)[C@@H]1O. The van der Waals surface area contributed by atoms with Crippen LogP contribution in [0.2, 0.25) is 0 Å². The molecule has 0 unspecified atom stereocenters. The molecule has 0 aliphatic heterocycles. The van der Waals surface area contributed by atoms with E-state index in [0.717, 1.165) is 30.7 Å². The number of Topliss-reactive ketones (excluding diaryl/α,β-unsaturated/α-hetero) is 1. The van der Waals surface area contributed by atoms with Crippen LogP contribution in [0.15, 0.2) is 66.3 Å². The summed E-state index contributed by atoms with van der Waals surface area (Å²) in [5, 5.41) is 11.7. The number of nitrogens with zero attached hydrogens (tertiary/aromatic N) is 1. The Morgan fingerprint density at radius 2 is 1.83 bits per heavy atom. The predicted molar refractivity (Wildman–Crippen MR) is 162 cm³/mol. The van der Waals surface area contributed by atoms with Gasteiger partial charge in [-0.15, -0.1) is 18.3 Å². The fourth-order valence-corrected chi connectivity index (χ4v) is 9.05. The van der Waals surface area contributed by atoms with Crippen molar-refractivity contribution in [1.82, 2.24) is 0 Å². The first kappa shape index (κ1) is 30.0. The molecular formula is C35H46NO4S+. The van der Waals surface area contributed by atoms with Crippen molar-refractivity contribution in [2.45, 2.75) is 90.4 Å². The highest BCUT2D eigenvalue weighted by Gasteiger charge is 2.68. The molecule has 8 atom stereocenters. The molecule has 2 bridgehead atoms. The smallest absolute Gasteiger partial charge is 0.316 e. The maximum Gasteiger partial charge on any atom is 0.316 e. The minimum absolute atomic E-state index is 0.0344. The van der Waals surface area contributed by atoms with Crippen LogP contribution in [-0.2, 0) is 20.9 Å². The number of pyridine rings is 1. The molecule has 5 nitrogen and oxygen atoms in total. The van der Waals surface area contributed by atoms with Crippen LogP contribution in [0.1, 0.15) is 70.9 Å². The number of hydrogen-bond donors (Lipinski definition) is 1. The van der Waals surface area contributed by atoms with E-state index in [-0.39, 0.29) is 40.7 Å². The van der Waals surface area contributed by atoms with Gasteiger partial charge in [-0.05, 0) is 49.9 Å². The lowest BCUT2D eigenvalue weighted by Gasteiger charge is -2.61. The quantitative estimate of drug-likeness (QED) is 0.181. The topological polar surface area (TPSA) is 67.5 Å². The second kappa shape index (κ2) is 11.3. The number of carbonyl (C=O) groups excluding carboxylic acids is 2. The number of thioether (sulfide) groups is 1. The van der Waals surface area contributed by atoms with Crippen LogP contribution < -0.4 is 4.57 Å². The summed E-state index contributed by atoms with van der Waals surface area (Å²) in [4.78, 5) is 28.0. The number of hydrogen-bond acceptors (Lipinski definition) is 5. The molecular weight excluding hydrogens is 530 g/mol. The fourth-order valence-electron chi connectivity index (χ4n) is 8.39. The van der Waals surface area contributed by atoms with E-state index in [0.29, 0.717) is 12.8 Å². The highest BCUT2D eigenvalue weighted by atomic mass is 32.2. The average molecular weight is 577 g/mol. The van der Waals surface area contributed by atoms with Crippen LogP contribution in [0, 0.1) is 40.9 Å². The van der Waals surface area contributed by atoms with Crippen LogP contribution in [-0.4, -0.2) is 34.8 Å². The molecule has 0 saturated heterocycles. The number of esters is 1. The Morgan fingerprint density at radius 3 is 2.49 bits per heavy atom. The molecule has 41 heavy (non-hydrogen) atoms. The molecule has 2 aromatic rings. The summed E-state index contributed by atoms with van der Waals surface area (Å²) in [5.74, 6) is 0.174. The van der Waals surface area contributed by atoms with Crippen molar-refractivity contribution in [1.29, 1.82) is 0 Å². The molecule has 3 aliphatic carbocycles. The van der Waals surface area contributed by atoms with Gasteiger partial charge < -0.3 is 9.84 Å². The number of benzene rings is 1. The highest BCUT2D eigenvalue weighted by molar-refractivity contribution is 8.00. The zero-order valence-electron chi connectivity index (χ0n) is 25.3. The van der Waals surface area contributed by atoms with Crippen LogP contribution in [0.5, 0.6) is 0 Å². The van der Waals surface area contributed by atoms with E-state index in [4.69, 9.17) is 4.74 Å². The minimum atomic E-state index is -0.655. The predicted octanol–water partition coefficient (Wildman–Crippen LogP) is 6.33. The molecule has 220 valence electrons. The van der Waals surface area contributed by atoms with E-state index >= 15 is 0 Å². The molecule has 3 aliphatic rings. The second-order valence-corrected chi connectivity index (χ2v) is 14.6. The van der Waals surface area contributed by atoms with Crippen molar-refractivity contribution in [3.8, 4) is 0 Å². The van der Waals surface area contributed by atoms with Crippen LogP contribution in [0.25, 0.3) is 0 Å². The van der Waals surface area contributed by atoms with Crippen LogP contribution in [0.3, 0.4) is 0 Å². The average Bonchev–Trinajstić information content (AvgIpc) is 3.32. The molecule has 3 fully saturated rings. The van der Waals surface area contributed by atoms with Gasteiger partial charge in [0.25, 0.3) is 0 Å². The number of aliphatic hydroxyl groups excluding tert-OH is 1. The summed E-state index contributed by atoms with van der Waals surface area (Å²) >= 11 is 1.47. The summed E-state index contributed by atoms with van der Waals surface area (Å²) in [6.45, 7) is 15.5. The monoisotopic (exact) mass is 576 g/mol. The van der Waals surface area contributed by atoms with Gasteiger partial charge in [-0.2, -0.15) is 0 Å². The largest absolute Gasteiger partial charge is 0.461 e. The molecule has 0 amide bonds. The van der Waals surface area contributed by atoms with Gasteiger partial charge in [0.1, 0.15) is 11.9 Å². The van der Waals surface area contributed by atoms with Crippen molar-refractivity contribution < 1.29 is 24.0 Å². The Labute approximate surface area is 249 Å². The zero-order chi connectivity index (χ0) is 29.6. The van der Waals surface area contributed by atoms with Crippen LogP contribution >= 0.6 is 11.8 Å². The molecule has 1 aromatic heterocycles. The number of aliphatic hydroxyl groups is 1. The highest BCUT2D eigenvalue weighted by Crippen LogP contribution is 2.68. The molecule has 5 rings (SSSR count). The van der Waals surface area contributed by atoms with E-state index in [9.17, 15) is 14.7 Å². The van der Waals surface area contributed by atoms with Crippen molar-refractivity contribution >= 4 is 23.5 Å². The Morgan fingerprint density at radius 1 is 1.15 bits per heavy atom. The van der Waals surface area contributed by atoms with E-state index < -0.39 is 23.0 Å². The first-order valence-electron chi connectivity index (χ1n) is 15.1. The number of carbonyl (C=O) groups is 2. The maximum atomic E-state index is 13.6. The van der Waals surface area contributed by atoms with Gasteiger partial charge >= 0.3 is 5.97 Å². The van der Waals surface area contributed by atoms with Gasteiger partial charge in [0.15, 0.2) is 18.9 Å². The normalized spacial score (nSPS) is 36.6. The third kappa shape index (κ3) is 5.31. The fraction of sp³-hybridized carbons (Fsp3) is 0.571. The number of ketones is 1. The van der Waals surface area contributed by atoms with Gasteiger partial charge in [-0.3, -0.25) is 9.59 Å². The third-order valence-corrected chi connectivity index (χ3v) is 12.3. The number of ether oxygens (including phenoxy) is 1.